The fourth-order valence-electron chi connectivity index (χ4n) is 2.12. The van der Waals surface area contributed by atoms with Gasteiger partial charge in [-0.05, 0) is 48.0 Å². The number of allylic oxidation sites excluding steroid dienone is 1. The predicted octanol–water partition coefficient (Wildman–Crippen LogP) is 2.94. The van der Waals surface area contributed by atoms with Crippen LogP contribution >= 0.6 is 11.6 Å². The number of hydrogen-bond donors (Lipinski definition) is 1. The summed E-state index contributed by atoms with van der Waals surface area (Å²) in [4.78, 5) is 22.8. The van der Waals surface area contributed by atoms with Crippen LogP contribution in [0.1, 0.15) is 15.9 Å². The molecule has 0 aromatic heterocycles. The van der Waals surface area contributed by atoms with Crippen molar-refractivity contribution in [3.63, 3.8) is 0 Å². The lowest BCUT2D eigenvalue weighted by molar-refractivity contribution is -0.137. The molecule has 0 atom stereocenters. The van der Waals surface area contributed by atoms with E-state index in [2.05, 4.69) is 0 Å². The van der Waals surface area contributed by atoms with Gasteiger partial charge in [-0.1, -0.05) is 29.8 Å². The second-order valence-corrected chi connectivity index (χ2v) is 7.85. The van der Waals surface area contributed by atoms with Gasteiger partial charge in [-0.3, -0.25) is 9.59 Å². The zero-order valence-corrected chi connectivity index (χ0v) is 15.4. The van der Waals surface area contributed by atoms with E-state index in [9.17, 15) is 18.0 Å². The summed E-state index contributed by atoms with van der Waals surface area (Å²) < 4.78 is 25.2. The molecule has 6 nitrogen and oxygen atoms in total. The van der Waals surface area contributed by atoms with Crippen molar-refractivity contribution in [1.29, 1.82) is 0 Å². The first-order chi connectivity index (χ1) is 12.2. The average Bonchev–Trinajstić information content (AvgIpc) is 2.60. The SMILES string of the molecule is CN(CC(=O)O)S(=O)(=O)c1ccc(C(=O)/C=C/c2ccccc2Cl)cc1. The maximum Gasteiger partial charge on any atom is 0.318 e. The highest BCUT2D eigenvalue weighted by Crippen LogP contribution is 2.18. The summed E-state index contributed by atoms with van der Waals surface area (Å²) in [7, 11) is -2.76. The molecule has 0 bridgehead atoms. The van der Waals surface area contributed by atoms with Crippen molar-refractivity contribution in [2.45, 2.75) is 4.90 Å². The van der Waals surface area contributed by atoms with Crippen molar-refractivity contribution in [1.82, 2.24) is 4.31 Å². The molecular weight excluding hydrogens is 378 g/mol. The number of nitrogens with zero attached hydrogens (tertiary/aromatic N) is 1. The second kappa shape index (κ2) is 8.27. The number of sulfonamides is 1. The molecule has 2 aromatic rings. The van der Waals surface area contributed by atoms with Crippen LogP contribution < -0.4 is 0 Å². The quantitative estimate of drug-likeness (QED) is 0.576. The van der Waals surface area contributed by atoms with Gasteiger partial charge in [0.25, 0.3) is 0 Å². The standard InChI is InChI=1S/C18H16ClNO5S/c1-20(12-18(22)23)26(24,25)15-9-6-14(7-10-15)17(21)11-8-13-4-2-3-5-16(13)19/h2-11H,12H2,1H3,(H,22,23)/b11-8+. The smallest absolute Gasteiger partial charge is 0.318 e. The van der Waals surface area contributed by atoms with Gasteiger partial charge in [0.15, 0.2) is 5.78 Å². The van der Waals surface area contributed by atoms with Gasteiger partial charge in [-0.2, -0.15) is 4.31 Å². The van der Waals surface area contributed by atoms with Crippen LogP contribution in [-0.2, 0) is 14.8 Å². The number of likely N-dealkylation sites (N-methyl/N-ethyl adjacent to an activating group) is 1. The van der Waals surface area contributed by atoms with Crippen molar-refractivity contribution in [2.24, 2.45) is 0 Å². The van der Waals surface area contributed by atoms with Gasteiger partial charge in [0, 0.05) is 17.6 Å². The maximum absolute atomic E-state index is 12.2. The molecule has 0 unspecified atom stereocenters. The molecule has 2 rings (SSSR count). The highest BCUT2D eigenvalue weighted by Gasteiger charge is 2.22. The van der Waals surface area contributed by atoms with Gasteiger partial charge in [0.1, 0.15) is 6.54 Å². The van der Waals surface area contributed by atoms with Gasteiger partial charge in [-0.25, -0.2) is 8.42 Å². The van der Waals surface area contributed by atoms with E-state index in [-0.39, 0.29) is 10.7 Å². The fraction of sp³-hybridized carbons (Fsp3) is 0.111. The van der Waals surface area contributed by atoms with Crippen molar-refractivity contribution < 1.29 is 23.1 Å². The molecule has 8 heteroatoms. The number of carbonyl (C=O) groups excluding carboxylic acids is 1. The third-order valence-corrected chi connectivity index (χ3v) is 5.69. The van der Waals surface area contributed by atoms with Crippen LogP contribution in [0.3, 0.4) is 0 Å². The number of hydrogen-bond acceptors (Lipinski definition) is 4. The number of halogens is 1. The Balaban J connectivity index is 2.17. The van der Waals surface area contributed by atoms with E-state index in [1.54, 1.807) is 30.3 Å². The number of aliphatic carboxylic acids is 1. The number of rotatable bonds is 7. The van der Waals surface area contributed by atoms with E-state index >= 15 is 0 Å². The minimum absolute atomic E-state index is 0.0899. The largest absolute Gasteiger partial charge is 0.480 e. The highest BCUT2D eigenvalue weighted by molar-refractivity contribution is 7.89. The zero-order chi connectivity index (χ0) is 19.3. The molecule has 2 aromatic carbocycles. The van der Waals surface area contributed by atoms with Gasteiger partial charge in [0.05, 0.1) is 4.90 Å². The molecular formula is C18H16ClNO5S. The predicted molar refractivity (Wildman–Crippen MR) is 98.7 cm³/mol. The Morgan fingerprint density at radius 3 is 2.31 bits per heavy atom. The number of carbonyl (C=O) groups is 2. The molecule has 0 saturated heterocycles. The Kier molecular flexibility index (Phi) is 6.31. The van der Waals surface area contributed by atoms with E-state index in [0.29, 0.717) is 16.1 Å². The van der Waals surface area contributed by atoms with Crippen molar-refractivity contribution in [2.75, 3.05) is 13.6 Å². The van der Waals surface area contributed by atoms with Crippen LogP contribution in [-0.4, -0.2) is 43.2 Å². The van der Waals surface area contributed by atoms with Crippen molar-refractivity contribution >= 4 is 39.5 Å². The molecule has 0 aliphatic rings. The summed E-state index contributed by atoms with van der Waals surface area (Å²) in [5, 5.41) is 9.23. The van der Waals surface area contributed by atoms with Crippen LogP contribution in [0.4, 0.5) is 0 Å². The van der Waals surface area contributed by atoms with Gasteiger partial charge < -0.3 is 5.11 Å². The molecule has 0 aliphatic carbocycles. The fourth-order valence-corrected chi connectivity index (χ4v) is 3.44. The topological polar surface area (TPSA) is 91.8 Å². The van der Waals surface area contributed by atoms with Crippen LogP contribution in [0.2, 0.25) is 5.02 Å². The van der Waals surface area contributed by atoms with E-state index in [1.807, 2.05) is 0 Å². The van der Waals surface area contributed by atoms with E-state index < -0.39 is 22.5 Å². The Morgan fingerprint density at radius 2 is 1.73 bits per heavy atom. The molecule has 136 valence electrons. The average molecular weight is 394 g/mol. The molecule has 0 radical (unpaired) electrons. The van der Waals surface area contributed by atoms with Crippen LogP contribution in [0.25, 0.3) is 6.08 Å². The molecule has 26 heavy (non-hydrogen) atoms. The lowest BCUT2D eigenvalue weighted by Crippen LogP contribution is -2.32. The Bertz CT molecular complexity index is 952. The number of benzene rings is 2. The van der Waals surface area contributed by atoms with E-state index in [1.165, 1.54) is 37.4 Å². The molecule has 1 N–H and O–H groups in total. The van der Waals surface area contributed by atoms with Gasteiger partial charge in [-0.15, -0.1) is 0 Å². The summed E-state index contributed by atoms with van der Waals surface area (Å²) in [6, 6.07) is 12.3. The molecule has 0 heterocycles. The molecule has 0 fully saturated rings. The number of ketones is 1. The Hall–Kier alpha value is -2.48. The van der Waals surface area contributed by atoms with Crippen LogP contribution in [0, 0.1) is 0 Å². The summed E-state index contributed by atoms with van der Waals surface area (Å²) in [6.07, 6.45) is 2.93. The first-order valence-corrected chi connectivity index (χ1v) is 9.29. The first kappa shape index (κ1) is 19.8. The third kappa shape index (κ3) is 4.78. The normalized spacial score (nSPS) is 11.8. The van der Waals surface area contributed by atoms with Gasteiger partial charge >= 0.3 is 5.97 Å². The monoisotopic (exact) mass is 393 g/mol. The lowest BCUT2D eigenvalue weighted by Gasteiger charge is -2.14. The number of carboxylic acids is 1. The Morgan fingerprint density at radius 1 is 1.12 bits per heavy atom. The van der Waals surface area contributed by atoms with Gasteiger partial charge in [0.2, 0.25) is 10.0 Å². The second-order valence-electron chi connectivity index (χ2n) is 5.40. The summed E-state index contributed by atoms with van der Waals surface area (Å²) >= 11 is 6.01. The van der Waals surface area contributed by atoms with E-state index in [0.717, 1.165) is 4.31 Å². The molecule has 0 spiro atoms. The zero-order valence-electron chi connectivity index (χ0n) is 13.8. The molecule has 0 aliphatic heterocycles. The minimum atomic E-state index is -3.93. The van der Waals surface area contributed by atoms with Crippen molar-refractivity contribution in [3.8, 4) is 0 Å². The maximum atomic E-state index is 12.2. The minimum Gasteiger partial charge on any atom is -0.480 e. The van der Waals surface area contributed by atoms with Crippen molar-refractivity contribution in [3.05, 3.63) is 70.8 Å². The first-order valence-electron chi connectivity index (χ1n) is 7.47. The summed E-state index contributed by atoms with van der Waals surface area (Å²) in [5.74, 6) is -1.57. The Labute approximate surface area is 156 Å². The van der Waals surface area contributed by atoms with Crippen LogP contribution in [0.5, 0.6) is 0 Å². The summed E-state index contributed by atoms with van der Waals surface area (Å²) in [5.41, 5.74) is 0.991. The van der Waals surface area contributed by atoms with Crippen LogP contribution in [0.15, 0.2) is 59.5 Å². The number of carboxylic acid groups (broad SMARTS) is 1. The highest BCUT2D eigenvalue weighted by atomic mass is 35.5. The lowest BCUT2D eigenvalue weighted by atomic mass is 10.1. The molecule has 0 amide bonds. The van der Waals surface area contributed by atoms with E-state index in [4.69, 9.17) is 16.7 Å². The third-order valence-electron chi connectivity index (χ3n) is 3.52. The summed E-state index contributed by atoms with van der Waals surface area (Å²) in [6.45, 7) is -0.649. The molecule has 0 saturated carbocycles.